The molecule has 0 saturated carbocycles. The lowest BCUT2D eigenvalue weighted by Crippen LogP contribution is -2.10. The average Bonchev–Trinajstić information content (AvgIpc) is 3.83. The number of aromatic nitrogens is 1. The maximum atomic E-state index is 6.28. The number of anilines is 3. The number of furan rings is 1. The molecule has 3 nitrogen and oxygen atoms in total. The lowest BCUT2D eigenvalue weighted by Gasteiger charge is -2.26. The first-order valence-corrected chi connectivity index (χ1v) is 19.4. The van der Waals surface area contributed by atoms with Crippen molar-refractivity contribution in [3.63, 3.8) is 0 Å². The van der Waals surface area contributed by atoms with Crippen molar-refractivity contribution < 1.29 is 4.42 Å². The lowest BCUT2D eigenvalue weighted by atomic mass is 9.94. The predicted octanol–water partition coefficient (Wildman–Crippen LogP) is 15.2. The van der Waals surface area contributed by atoms with Gasteiger partial charge in [0.2, 0.25) is 0 Å². The van der Waals surface area contributed by atoms with Crippen LogP contribution in [0.5, 0.6) is 0 Å². The van der Waals surface area contributed by atoms with Crippen molar-refractivity contribution in [1.82, 2.24) is 4.57 Å². The van der Waals surface area contributed by atoms with Gasteiger partial charge in [-0.1, -0.05) is 152 Å². The number of hydrogen-bond donors (Lipinski definition) is 0. The number of hydrogen-bond acceptors (Lipinski definition) is 2. The molecule has 0 spiro atoms. The number of rotatable bonds is 7. The molecular formula is C54H36N2O. The summed E-state index contributed by atoms with van der Waals surface area (Å²) in [5.41, 5.74) is 15.6. The van der Waals surface area contributed by atoms with Gasteiger partial charge in [0.1, 0.15) is 11.2 Å². The zero-order chi connectivity index (χ0) is 37.7. The Hall–Kier alpha value is -7.62. The van der Waals surface area contributed by atoms with Gasteiger partial charge in [0, 0.05) is 49.9 Å². The smallest absolute Gasteiger partial charge is 0.135 e. The highest BCUT2D eigenvalue weighted by Gasteiger charge is 2.20. The molecule has 2 aromatic heterocycles. The molecule has 11 aromatic rings. The molecule has 0 fully saturated rings. The Balaban J connectivity index is 1.09. The van der Waals surface area contributed by atoms with Gasteiger partial charge in [-0.25, -0.2) is 0 Å². The summed E-state index contributed by atoms with van der Waals surface area (Å²) >= 11 is 0. The quantitative estimate of drug-likeness (QED) is 0.163. The molecule has 0 radical (unpaired) electrons. The van der Waals surface area contributed by atoms with E-state index in [2.05, 4.69) is 216 Å². The largest absolute Gasteiger partial charge is 0.456 e. The molecule has 0 atom stereocenters. The van der Waals surface area contributed by atoms with Gasteiger partial charge in [-0.2, -0.15) is 0 Å². The third kappa shape index (κ3) is 5.60. The lowest BCUT2D eigenvalue weighted by molar-refractivity contribution is 0.669. The first kappa shape index (κ1) is 32.8. The van der Waals surface area contributed by atoms with Crippen molar-refractivity contribution in [2.45, 2.75) is 0 Å². The van der Waals surface area contributed by atoms with E-state index < -0.39 is 0 Å². The zero-order valence-corrected chi connectivity index (χ0v) is 31.1. The van der Waals surface area contributed by atoms with Crippen LogP contribution in [0, 0.1) is 0 Å². The minimum absolute atomic E-state index is 0.877. The molecule has 57 heavy (non-hydrogen) atoms. The van der Waals surface area contributed by atoms with E-state index in [1.54, 1.807) is 0 Å². The van der Waals surface area contributed by atoms with Gasteiger partial charge in [0.15, 0.2) is 0 Å². The molecule has 0 N–H and O–H groups in total. The first-order chi connectivity index (χ1) is 28.3. The van der Waals surface area contributed by atoms with E-state index in [4.69, 9.17) is 4.42 Å². The van der Waals surface area contributed by atoms with Crippen LogP contribution in [0.25, 0.3) is 82.8 Å². The van der Waals surface area contributed by atoms with Crippen molar-refractivity contribution in [3.05, 3.63) is 218 Å². The Labute approximate surface area is 330 Å². The van der Waals surface area contributed by atoms with Crippen LogP contribution >= 0.6 is 0 Å². The monoisotopic (exact) mass is 728 g/mol. The fraction of sp³-hybridized carbons (Fsp3) is 0. The third-order valence-corrected chi connectivity index (χ3v) is 11.2. The molecule has 0 amide bonds. The fourth-order valence-electron chi connectivity index (χ4n) is 8.60. The zero-order valence-electron chi connectivity index (χ0n) is 31.1. The van der Waals surface area contributed by atoms with E-state index in [1.165, 1.54) is 49.6 Å². The van der Waals surface area contributed by atoms with Crippen LogP contribution in [0.3, 0.4) is 0 Å². The van der Waals surface area contributed by atoms with Crippen LogP contribution < -0.4 is 4.90 Å². The Morgan fingerprint density at radius 3 is 1.70 bits per heavy atom. The summed E-state index contributed by atoms with van der Waals surface area (Å²) in [5.74, 6) is 0. The molecule has 268 valence electrons. The summed E-state index contributed by atoms with van der Waals surface area (Å²) in [6, 6.07) is 78.2. The highest BCUT2D eigenvalue weighted by molar-refractivity contribution is 6.14. The second-order valence-corrected chi connectivity index (χ2v) is 14.5. The number of nitrogens with zero attached hydrogens (tertiary/aromatic N) is 2. The van der Waals surface area contributed by atoms with E-state index in [0.717, 1.165) is 50.3 Å². The van der Waals surface area contributed by atoms with Crippen molar-refractivity contribution in [3.8, 4) is 39.1 Å². The molecule has 9 aromatic carbocycles. The Kier molecular flexibility index (Phi) is 7.82. The molecule has 0 saturated heterocycles. The summed E-state index contributed by atoms with van der Waals surface area (Å²) in [4.78, 5) is 2.37. The van der Waals surface area contributed by atoms with Gasteiger partial charge in [0.25, 0.3) is 0 Å². The van der Waals surface area contributed by atoms with E-state index in [0.29, 0.717) is 0 Å². The summed E-state index contributed by atoms with van der Waals surface area (Å²) < 4.78 is 8.69. The predicted molar refractivity (Wildman–Crippen MR) is 239 cm³/mol. The van der Waals surface area contributed by atoms with E-state index in [-0.39, 0.29) is 0 Å². The summed E-state index contributed by atoms with van der Waals surface area (Å²) in [5, 5.41) is 4.68. The molecule has 2 heterocycles. The van der Waals surface area contributed by atoms with Crippen molar-refractivity contribution >= 4 is 60.8 Å². The molecule has 0 bridgehead atoms. The maximum absolute atomic E-state index is 6.28. The van der Waals surface area contributed by atoms with Crippen LogP contribution in [0.2, 0.25) is 0 Å². The average molecular weight is 729 g/mol. The molecular weight excluding hydrogens is 693 g/mol. The van der Waals surface area contributed by atoms with Crippen LogP contribution in [-0.2, 0) is 0 Å². The number of fused-ring (bicyclic) bond motifs is 6. The van der Waals surface area contributed by atoms with E-state index >= 15 is 0 Å². The second kappa shape index (κ2) is 13.6. The van der Waals surface area contributed by atoms with Gasteiger partial charge in [-0.05, 0) is 94.5 Å². The highest BCUT2D eigenvalue weighted by atomic mass is 16.3. The van der Waals surface area contributed by atoms with E-state index in [9.17, 15) is 0 Å². The van der Waals surface area contributed by atoms with Crippen molar-refractivity contribution in [1.29, 1.82) is 0 Å². The normalized spacial score (nSPS) is 11.5. The third-order valence-electron chi connectivity index (χ3n) is 11.2. The Morgan fingerprint density at radius 2 is 0.895 bits per heavy atom. The number of benzene rings is 9. The van der Waals surface area contributed by atoms with Crippen LogP contribution in [0.15, 0.2) is 223 Å². The van der Waals surface area contributed by atoms with Gasteiger partial charge in [-0.15, -0.1) is 0 Å². The van der Waals surface area contributed by atoms with Crippen molar-refractivity contribution in [2.75, 3.05) is 4.90 Å². The topological polar surface area (TPSA) is 21.3 Å². The SMILES string of the molecule is c1ccc(-c2ccccc2-c2ccc(N(c3cccc(-c4cccc5c6ccccc6n(-c6ccccc6)c45)c3)c3ccc4oc5ccccc5c4c3)cc2)cc1. The van der Waals surface area contributed by atoms with Crippen LogP contribution in [-0.4, -0.2) is 4.57 Å². The molecule has 0 unspecified atom stereocenters. The molecule has 0 aliphatic rings. The van der Waals surface area contributed by atoms with Gasteiger partial charge >= 0.3 is 0 Å². The minimum Gasteiger partial charge on any atom is -0.456 e. The molecule has 11 rings (SSSR count). The summed E-state index contributed by atoms with van der Waals surface area (Å²) in [6.45, 7) is 0. The van der Waals surface area contributed by atoms with Crippen LogP contribution in [0.4, 0.5) is 17.1 Å². The van der Waals surface area contributed by atoms with Gasteiger partial charge in [-0.3, -0.25) is 0 Å². The molecule has 0 aliphatic heterocycles. The van der Waals surface area contributed by atoms with Gasteiger partial charge in [0.05, 0.1) is 11.0 Å². The molecule has 3 heteroatoms. The first-order valence-electron chi connectivity index (χ1n) is 19.4. The standard InChI is InChI=1S/C54H36N2O/c1-3-15-37(16-4-1)44-21-7-8-22-45(44)38-29-31-41(32-30-38)55(43-33-34-53-50(36-43)48-24-10-12-28-52(48)57-53)42-20-13-17-39(35-42)46-25-14-26-49-47-23-9-11-27-51(47)56(54(46)49)40-18-5-2-6-19-40/h1-36H. The summed E-state index contributed by atoms with van der Waals surface area (Å²) in [6.07, 6.45) is 0. The van der Waals surface area contributed by atoms with Gasteiger partial charge < -0.3 is 13.9 Å². The summed E-state index contributed by atoms with van der Waals surface area (Å²) in [7, 11) is 0. The van der Waals surface area contributed by atoms with Crippen LogP contribution in [0.1, 0.15) is 0 Å². The van der Waals surface area contributed by atoms with Crippen molar-refractivity contribution in [2.24, 2.45) is 0 Å². The van der Waals surface area contributed by atoms with E-state index in [1.807, 2.05) is 12.1 Å². The Morgan fingerprint density at radius 1 is 0.333 bits per heavy atom. The minimum atomic E-state index is 0.877. The second-order valence-electron chi connectivity index (χ2n) is 14.5. The molecule has 0 aliphatic carbocycles. The fourth-order valence-corrected chi connectivity index (χ4v) is 8.60. The Bertz CT molecular complexity index is 3230. The highest BCUT2D eigenvalue weighted by Crippen LogP contribution is 2.43. The number of para-hydroxylation sites is 4. The maximum Gasteiger partial charge on any atom is 0.135 e.